The summed E-state index contributed by atoms with van der Waals surface area (Å²) >= 11 is 0. The zero-order valence-corrected chi connectivity index (χ0v) is 12.8. The van der Waals surface area contributed by atoms with Gasteiger partial charge in [-0.05, 0) is 25.1 Å². The number of benzene rings is 1. The van der Waals surface area contributed by atoms with Crippen molar-refractivity contribution in [3.63, 3.8) is 0 Å². The molecule has 120 valence electrons. The van der Waals surface area contributed by atoms with E-state index < -0.39 is 30.0 Å². The molecule has 0 saturated carbocycles. The lowest BCUT2D eigenvalue weighted by Crippen LogP contribution is -2.11. The third-order valence-corrected chi connectivity index (χ3v) is 4.63. The molecule has 12 heteroatoms. The van der Waals surface area contributed by atoms with E-state index in [4.69, 9.17) is 16.0 Å². The van der Waals surface area contributed by atoms with Crippen molar-refractivity contribution in [2.75, 3.05) is 11.5 Å². The maximum Gasteiger partial charge on any atom is 0.296 e. The number of anilines is 2. The number of aromatic nitrogens is 2. The van der Waals surface area contributed by atoms with E-state index in [-0.39, 0.29) is 22.9 Å². The SMILES string of the molecule is Cc1nn(-c2cc(S(=O)(=O)O)ccc2S(=O)(=O)O)c(N)c1N. The second-order valence-corrected chi connectivity index (χ2v) is 7.19. The quantitative estimate of drug-likeness (QED) is 0.548. The monoisotopic (exact) mass is 348 g/mol. The number of rotatable bonds is 3. The van der Waals surface area contributed by atoms with Gasteiger partial charge in [0.05, 0.1) is 22.0 Å². The maximum atomic E-state index is 11.4. The van der Waals surface area contributed by atoms with Crippen molar-refractivity contribution >= 4 is 31.7 Å². The predicted molar refractivity (Wildman–Crippen MR) is 76.8 cm³/mol. The Bertz CT molecular complexity index is 962. The van der Waals surface area contributed by atoms with Crippen LogP contribution >= 0.6 is 0 Å². The van der Waals surface area contributed by atoms with Gasteiger partial charge in [-0.25, -0.2) is 4.68 Å². The third-order valence-electron chi connectivity index (χ3n) is 2.88. The molecule has 0 saturated heterocycles. The van der Waals surface area contributed by atoms with Crippen LogP contribution in [-0.4, -0.2) is 35.7 Å². The first-order chi connectivity index (χ1) is 9.93. The molecule has 2 aromatic rings. The van der Waals surface area contributed by atoms with E-state index in [1.54, 1.807) is 0 Å². The van der Waals surface area contributed by atoms with Crippen molar-refractivity contribution < 1.29 is 25.9 Å². The van der Waals surface area contributed by atoms with Gasteiger partial charge in [0.1, 0.15) is 4.90 Å². The Morgan fingerprint density at radius 2 is 1.68 bits per heavy atom. The summed E-state index contributed by atoms with van der Waals surface area (Å²) in [7, 11) is -9.30. The maximum absolute atomic E-state index is 11.4. The minimum Gasteiger partial charge on any atom is -0.394 e. The summed E-state index contributed by atoms with van der Waals surface area (Å²) in [5, 5.41) is 3.89. The molecule has 0 unspecified atom stereocenters. The van der Waals surface area contributed by atoms with E-state index in [0.29, 0.717) is 0 Å². The fraction of sp³-hybridized carbons (Fsp3) is 0.100. The summed E-state index contributed by atoms with van der Waals surface area (Å²) in [6.07, 6.45) is 0. The van der Waals surface area contributed by atoms with Gasteiger partial charge in [-0.2, -0.15) is 21.9 Å². The molecule has 0 radical (unpaired) electrons. The summed E-state index contributed by atoms with van der Waals surface area (Å²) in [5.74, 6) is -0.144. The number of nitrogens with two attached hydrogens (primary N) is 2. The fourth-order valence-electron chi connectivity index (χ4n) is 1.78. The molecule has 6 N–H and O–H groups in total. The van der Waals surface area contributed by atoms with Gasteiger partial charge in [0.15, 0.2) is 5.82 Å². The van der Waals surface area contributed by atoms with Crippen LogP contribution in [0.15, 0.2) is 28.0 Å². The summed E-state index contributed by atoms with van der Waals surface area (Å²) in [6, 6.07) is 2.43. The lowest BCUT2D eigenvalue weighted by molar-refractivity contribution is 0.477. The van der Waals surface area contributed by atoms with Crippen molar-refractivity contribution in [2.45, 2.75) is 16.7 Å². The number of hydrogen-bond donors (Lipinski definition) is 4. The van der Waals surface area contributed by atoms with E-state index in [2.05, 4.69) is 5.10 Å². The van der Waals surface area contributed by atoms with Crippen LogP contribution in [0, 0.1) is 6.92 Å². The van der Waals surface area contributed by atoms with Gasteiger partial charge in [0.2, 0.25) is 0 Å². The van der Waals surface area contributed by atoms with Crippen molar-refractivity contribution in [3.05, 3.63) is 23.9 Å². The van der Waals surface area contributed by atoms with Gasteiger partial charge in [0.25, 0.3) is 20.2 Å². The summed E-state index contributed by atoms with van der Waals surface area (Å²) in [6.45, 7) is 1.50. The van der Waals surface area contributed by atoms with Crippen LogP contribution in [0.2, 0.25) is 0 Å². The van der Waals surface area contributed by atoms with Crippen molar-refractivity contribution in [3.8, 4) is 5.69 Å². The average molecular weight is 348 g/mol. The minimum absolute atomic E-state index is 0.0681. The molecule has 0 aliphatic heterocycles. The molecule has 0 aliphatic rings. The van der Waals surface area contributed by atoms with Crippen molar-refractivity contribution in [2.24, 2.45) is 0 Å². The van der Waals surface area contributed by atoms with E-state index >= 15 is 0 Å². The van der Waals surface area contributed by atoms with Crippen molar-refractivity contribution in [1.82, 2.24) is 9.78 Å². The molecule has 0 fully saturated rings. The lowest BCUT2D eigenvalue weighted by atomic mass is 10.3. The molecule has 0 spiro atoms. The summed E-state index contributed by atoms with van der Waals surface area (Å²) < 4.78 is 64.4. The number of aryl methyl sites for hydroxylation is 1. The van der Waals surface area contributed by atoms with Crippen LogP contribution in [0.1, 0.15) is 5.69 Å². The van der Waals surface area contributed by atoms with Gasteiger partial charge in [0, 0.05) is 0 Å². The molecular weight excluding hydrogens is 336 g/mol. The molecule has 10 nitrogen and oxygen atoms in total. The second kappa shape index (κ2) is 4.95. The number of nitrogen functional groups attached to an aromatic ring is 2. The molecule has 1 aromatic carbocycles. The minimum atomic E-state index is -4.70. The van der Waals surface area contributed by atoms with Crippen LogP contribution in [0.25, 0.3) is 5.69 Å². The van der Waals surface area contributed by atoms with Crippen LogP contribution in [0.5, 0.6) is 0 Å². The zero-order chi connectivity index (χ0) is 16.9. The predicted octanol–water partition coefficient (Wildman–Crippen LogP) is -0.161. The lowest BCUT2D eigenvalue weighted by Gasteiger charge is -2.10. The summed E-state index contributed by atoms with van der Waals surface area (Å²) in [5.41, 5.74) is 11.3. The third kappa shape index (κ3) is 2.76. The molecule has 1 heterocycles. The molecular formula is C10H12N4O6S2. The van der Waals surface area contributed by atoms with Gasteiger partial charge >= 0.3 is 0 Å². The highest BCUT2D eigenvalue weighted by Gasteiger charge is 2.23. The zero-order valence-electron chi connectivity index (χ0n) is 11.1. The highest BCUT2D eigenvalue weighted by atomic mass is 32.2. The Morgan fingerprint density at radius 3 is 2.09 bits per heavy atom. The normalized spacial score (nSPS) is 12.5. The Kier molecular flexibility index (Phi) is 3.65. The number of nitrogens with zero attached hydrogens (tertiary/aromatic N) is 2. The van der Waals surface area contributed by atoms with E-state index in [1.807, 2.05) is 0 Å². The van der Waals surface area contributed by atoms with E-state index in [0.717, 1.165) is 22.9 Å². The Morgan fingerprint density at radius 1 is 1.09 bits per heavy atom. The molecule has 2 rings (SSSR count). The van der Waals surface area contributed by atoms with Crippen LogP contribution in [0.4, 0.5) is 11.5 Å². The highest BCUT2D eigenvalue weighted by molar-refractivity contribution is 7.86. The van der Waals surface area contributed by atoms with E-state index in [1.165, 1.54) is 6.92 Å². The molecule has 0 bridgehead atoms. The Labute approximate surface area is 125 Å². The van der Waals surface area contributed by atoms with Crippen LogP contribution in [-0.2, 0) is 20.2 Å². The fourth-order valence-corrected chi connectivity index (χ4v) is 2.93. The first-order valence-electron chi connectivity index (χ1n) is 5.63. The molecule has 0 amide bonds. The van der Waals surface area contributed by atoms with Gasteiger partial charge in [-0.15, -0.1) is 0 Å². The largest absolute Gasteiger partial charge is 0.394 e. The summed E-state index contributed by atoms with van der Waals surface area (Å²) in [4.78, 5) is -1.24. The smallest absolute Gasteiger partial charge is 0.296 e. The second-order valence-electron chi connectivity index (χ2n) is 4.38. The van der Waals surface area contributed by atoms with Crippen molar-refractivity contribution in [1.29, 1.82) is 0 Å². The molecule has 0 atom stereocenters. The number of hydrogen-bond acceptors (Lipinski definition) is 7. The average Bonchev–Trinajstić information content (AvgIpc) is 2.64. The molecule has 1 aromatic heterocycles. The van der Waals surface area contributed by atoms with Gasteiger partial charge < -0.3 is 11.5 Å². The Hall–Kier alpha value is -2.15. The standard InChI is InChI=1S/C10H12N4O6S2/c1-5-9(11)10(12)14(13-5)7-4-6(21(15,16)17)2-3-8(7)22(18,19)20/h2-4H,11-12H2,1H3,(H,15,16,17)(H,18,19,20). The van der Waals surface area contributed by atoms with Gasteiger partial charge in [-0.3, -0.25) is 9.11 Å². The topological polar surface area (TPSA) is 179 Å². The highest BCUT2D eigenvalue weighted by Crippen LogP contribution is 2.28. The Balaban J connectivity index is 2.90. The molecule has 22 heavy (non-hydrogen) atoms. The first kappa shape index (κ1) is 16.2. The first-order valence-corrected chi connectivity index (χ1v) is 8.51. The molecule has 0 aliphatic carbocycles. The van der Waals surface area contributed by atoms with Crippen LogP contribution in [0.3, 0.4) is 0 Å². The van der Waals surface area contributed by atoms with Gasteiger partial charge in [-0.1, -0.05) is 0 Å². The van der Waals surface area contributed by atoms with Crippen LogP contribution < -0.4 is 11.5 Å². The van der Waals surface area contributed by atoms with E-state index in [9.17, 15) is 21.4 Å².